The molecule has 0 aliphatic carbocycles. The molecule has 0 heterocycles. The van der Waals surface area contributed by atoms with Crippen LogP contribution in [-0.2, 0) is 25.6 Å². The van der Waals surface area contributed by atoms with Gasteiger partial charge in [0.15, 0.2) is 0 Å². The van der Waals surface area contributed by atoms with Crippen molar-refractivity contribution >= 4 is 18.0 Å². The summed E-state index contributed by atoms with van der Waals surface area (Å²) in [5.41, 5.74) is 0.214. The molecule has 0 bridgehead atoms. The summed E-state index contributed by atoms with van der Waals surface area (Å²) in [6.07, 6.45) is 0.465. The first kappa shape index (κ1) is 23.5. The molecule has 1 aromatic rings. The maximum atomic E-state index is 13.1. The first-order valence-corrected chi connectivity index (χ1v) is 9.64. The SMILES string of the molecule is CCCC(NC(=O)OC(C)(C)C)C(=O)N(CC(=O)OCC)Cc1ccccc1. The van der Waals surface area contributed by atoms with E-state index in [2.05, 4.69) is 5.32 Å². The summed E-state index contributed by atoms with van der Waals surface area (Å²) < 4.78 is 10.3. The van der Waals surface area contributed by atoms with Crippen molar-refractivity contribution < 1.29 is 23.9 Å². The Morgan fingerprint density at radius 2 is 1.75 bits per heavy atom. The van der Waals surface area contributed by atoms with E-state index < -0.39 is 23.7 Å². The third kappa shape index (κ3) is 8.88. The summed E-state index contributed by atoms with van der Waals surface area (Å²) in [6, 6.07) is 8.59. The van der Waals surface area contributed by atoms with E-state index in [9.17, 15) is 14.4 Å². The molecule has 0 radical (unpaired) electrons. The minimum absolute atomic E-state index is 0.183. The molecule has 0 saturated heterocycles. The Labute approximate surface area is 167 Å². The maximum Gasteiger partial charge on any atom is 0.408 e. The van der Waals surface area contributed by atoms with Crippen LogP contribution >= 0.6 is 0 Å². The summed E-state index contributed by atoms with van der Waals surface area (Å²) in [6.45, 7) is 9.20. The first-order chi connectivity index (χ1) is 13.2. The normalized spacial score (nSPS) is 12.0. The Bertz CT molecular complexity index is 640. The van der Waals surface area contributed by atoms with Crippen molar-refractivity contribution in [3.8, 4) is 0 Å². The van der Waals surface area contributed by atoms with Crippen LogP contribution in [-0.4, -0.2) is 47.7 Å². The zero-order valence-corrected chi connectivity index (χ0v) is 17.5. The summed E-state index contributed by atoms with van der Waals surface area (Å²) in [7, 11) is 0. The first-order valence-electron chi connectivity index (χ1n) is 9.64. The van der Waals surface area contributed by atoms with Crippen LogP contribution in [0.3, 0.4) is 0 Å². The van der Waals surface area contributed by atoms with E-state index in [-0.39, 0.29) is 25.6 Å². The van der Waals surface area contributed by atoms with Crippen LogP contribution in [0.25, 0.3) is 0 Å². The van der Waals surface area contributed by atoms with Crippen molar-refractivity contribution in [2.75, 3.05) is 13.2 Å². The Kier molecular flexibility index (Phi) is 9.48. The molecule has 0 saturated carbocycles. The van der Waals surface area contributed by atoms with E-state index in [1.54, 1.807) is 27.7 Å². The number of nitrogens with one attached hydrogen (secondary N) is 1. The standard InChI is InChI=1S/C21H32N2O5/c1-6-11-17(22-20(26)28-21(3,4)5)19(25)23(15-18(24)27-7-2)14-16-12-9-8-10-13-16/h8-10,12-13,17H,6-7,11,14-15H2,1-5H3,(H,22,26). The molecule has 156 valence electrons. The van der Waals surface area contributed by atoms with Gasteiger partial charge in [0.1, 0.15) is 18.2 Å². The maximum absolute atomic E-state index is 13.1. The average Bonchev–Trinajstić information content (AvgIpc) is 2.59. The molecular weight excluding hydrogens is 360 g/mol. The second-order valence-corrected chi connectivity index (χ2v) is 7.47. The molecule has 0 aliphatic heterocycles. The van der Waals surface area contributed by atoms with Gasteiger partial charge >= 0.3 is 12.1 Å². The van der Waals surface area contributed by atoms with E-state index in [1.807, 2.05) is 37.3 Å². The van der Waals surface area contributed by atoms with Gasteiger partial charge in [-0.25, -0.2) is 4.79 Å². The van der Waals surface area contributed by atoms with Gasteiger partial charge in [-0.2, -0.15) is 0 Å². The van der Waals surface area contributed by atoms with Gasteiger partial charge < -0.3 is 19.7 Å². The molecule has 0 spiro atoms. The number of esters is 1. The third-order valence-corrected chi connectivity index (χ3v) is 3.72. The Hall–Kier alpha value is -2.57. The molecule has 0 aromatic heterocycles. The number of alkyl carbamates (subject to hydrolysis) is 1. The average molecular weight is 392 g/mol. The fraction of sp³-hybridized carbons (Fsp3) is 0.571. The fourth-order valence-corrected chi connectivity index (χ4v) is 2.59. The second-order valence-electron chi connectivity index (χ2n) is 7.47. The topological polar surface area (TPSA) is 84.9 Å². The van der Waals surface area contributed by atoms with Gasteiger partial charge in [-0.15, -0.1) is 0 Å². The predicted octanol–water partition coefficient (Wildman–Crippen LogP) is 3.27. The molecule has 2 amide bonds. The molecule has 7 nitrogen and oxygen atoms in total. The molecule has 1 unspecified atom stereocenters. The molecule has 1 atom stereocenters. The largest absolute Gasteiger partial charge is 0.465 e. The van der Waals surface area contributed by atoms with Crippen LogP contribution in [0.1, 0.15) is 53.0 Å². The Balaban J connectivity index is 2.96. The van der Waals surface area contributed by atoms with Crippen molar-refractivity contribution in [2.24, 2.45) is 0 Å². The minimum atomic E-state index is -0.780. The van der Waals surface area contributed by atoms with Gasteiger partial charge in [-0.3, -0.25) is 9.59 Å². The molecule has 1 rings (SSSR count). The molecule has 7 heteroatoms. The lowest BCUT2D eigenvalue weighted by Crippen LogP contribution is -2.50. The predicted molar refractivity (Wildman–Crippen MR) is 107 cm³/mol. The lowest BCUT2D eigenvalue weighted by atomic mass is 10.1. The highest BCUT2D eigenvalue weighted by molar-refractivity contribution is 5.88. The smallest absolute Gasteiger partial charge is 0.408 e. The van der Waals surface area contributed by atoms with Crippen LogP contribution in [0, 0.1) is 0 Å². The Morgan fingerprint density at radius 3 is 2.29 bits per heavy atom. The number of benzene rings is 1. The van der Waals surface area contributed by atoms with E-state index in [1.165, 1.54) is 4.90 Å². The van der Waals surface area contributed by atoms with Crippen molar-refractivity contribution in [1.29, 1.82) is 0 Å². The zero-order valence-electron chi connectivity index (χ0n) is 17.5. The van der Waals surface area contributed by atoms with E-state index in [0.29, 0.717) is 12.8 Å². The van der Waals surface area contributed by atoms with E-state index in [4.69, 9.17) is 9.47 Å². The quantitative estimate of drug-likeness (QED) is 0.652. The fourth-order valence-electron chi connectivity index (χ4n) is 2.59. The van der Waals surface area contributed by atoms with Crippen LogP contribution < -0.4 is 5.32 Å². The number of carbonyl (C=O) groups excluding carboxylic acids is 3. The van der Waals surface area contributed by atoms with Crippen LogP contribution in [0.5, 0.6) is 0 Å². The third-order valence-electron chi connectivity index (χ3n) is 3.72. The highest BCUT2D eigenvalue weighted by Crippen LogP contribution is 2.12. The number of nitrogens with zero attached hydrogens (tertiary/aromatic N) is 1. The lowest BCUT2D eigenvalue weighted by Gasteiger charge is -2.28. The second kappa shape index (κ2) is 11.3. The minimum Gasteiger partial charge on any atom is -0.465 e. The summed E-state index contributed by atoms with van der Waals surface area (Å²) >= 11 is 0. The van der Waals surface area contributed by atoms with Crippen LogP contribution in [0.2, 0.25) is 0 Å². The van der Waals surface area contributed by atoms with Crippen molar-refractivity contribution in [2.45, 2.75) is 65.6 Å². The molecule has 28 heavy (non-hydrogen) atoms. The highest BCUT2D eigenvalue weighted by Gasteiger charge is 2.29. The number of carbonyl (C=O) groups is 3. The summed E-state index contributed by atoms with van der Waals surface area (Å²) in [5.74, 6) is -0.830. The Morgan fingerprint density at radius 1 is 1.11 bits per heavy atom. The summed E-state index contributed by atoms with van der Waals surface area (Å²) in [5, 5.41) is 2.64. The van der Waals surface area contributed by atoms with E-state index >= 15 is 0 Å². The molecule has 1 aromatic carbocycles. The van der Waals surface area contributed by atoms with Gasteiger partial charge in [-0.1, -0.05) is 43.7 Å². The number of rotatable bonds is 9. The van der Waals surface area contributed by atoms with Crippen molar-refractivity contribution in [3.63, 3.8) is 0 Å². The van der Waals surface area contributed by atoms with Crippen molar-refractivity contribution in [3.05, 3.63) is 35.9 Å². The highest BCUT2D eigenvalue weighted by atomic mass is 16.6. The van der Waals surface area contributed by atoms with Gasteiger partial charge in [0.25, 0.3) is 0 Å². The van der Waals surface area contributed by atoms with Crippen LogP contribution in [0.4, 0.5) is 4.79 Å². The van der Waals surface area contributed by atoms with Crippen molar-refractivity contribution in [1.82, 2.24) is 10.2 Å². The zero-order chi connectivity index (χ0) is 21.2. The van der Waals surface area contributed by atoms with Gasteiger partial charge in [0.2, 0.25) is 5.91 Å². The van der Waals surface area contributed by atoms with Gasteiger partial charge in [-0.05, 0) is 39.7 Å². The molecule has 0 fully saturated rings. The number of amides is 2. The van der Waals surface area contributed by atoms with Gasteiger partial charge in [0.05, 0.1) is 6.61 Å². The molecular formula is C21H32N2O5. The molecule has 1 N–H and O–H groups in total. The number of hydrogen-bond donors (Lipinski definition) is 1. The number of hydrogen-bond acceptors (Lipinski definition) is 5. The van der Waals surface area contributed by atoms with Gasteiger partial charge in [0, 0.05) is 6.54 Å². The molecule has 0 aliphatic rings. The van der Waals surface area contributed by atoms with Crippen LogP contribution in [0.15, 0.2) is 30.3 Å². The van der Waals surface area contributed by atoms with E-state index in [0.717, 1.165) is 5.56 Å². The number of ether oxygens (including phenoxy) is 2. The summed E-state index contributed by atoms with van der Waals surface area (Å²) in [4.78, 5) is 38.7. The lowest BCUT2D eigenvalue weighted by molar-refractivity contribution is -0.150. The monoisotopic (exact) mass is 392 g/mol.